The van der Waals surface area contributed by atoms with Crippen LogP contribution in [0.1, 0.15) is 0 Å². The van der Waals surface area contributed by atoms with Crippen LogP contribution < -0.4 is 14.5 Å². The summed E-state index contributed by atoms with van der Waals surface area (Å²) < 4.78 is 45.8. The third-order valence-electron chi connectivity index (χ3n) is 4.40. The van der Waals surface area contributed by atoms with Gasteiger partial charge in [0.2, 0.25) is 10.0 Å². The highest BCUT2D eigenvalue weighted by atomic mass is 32.2. The highest BCUT2D eigenvalue weighted by molar-refractivity contribution is 7.89. The predicted molar refractivity (Wildman–Crippen MR) is 100 cm³/mol. The summed E-state index contributed by atoms with van der Waals surface area (Å²) >= 11 is 0. The Labute approximate surface area is 158 Å². The number of nitrogens with zero attached hydrogens (tertiary/aromatic N) is 5. The molecule has 1 fully saturated rings. The molecule has 0 N–H and O–H groups in total. The Morgan fingerprint density at radius 1 is 1.07 bits per heavy atom. The summed E-state index contributed by atoms with van der Waals surface area (Å²) in [6.07, 6.45) is 0. The molecule has 1 aromatic carbocycles. The Bertz CT molecular complexity index is 897. The molecule has 27 heavy (non-hydrogen) atoms. The SMILES string of the molecule is COc1ccc(F)cc1S(=O)(=O)N1CCN(c2ccc(N(C)C)nn2)CC1. The van der Waals surface area contributed by atoms with E-state index in [1.165, 1.54) is 23.5 Å². The van der Waals surface area contributed by atoms with Crippen LogP contribution in [0.2, 0.25) is 0 Å². The highest BCUT2D eigenvalue weighted by Crippen LogP contribution is 2.28. The molecule has 0 radical (unpaired) electrons. The first-order valence-corrected chi connectivity index (χ1v) is 9.86. The van der Waals surface area contributed by atoms with Gasteiger partial charge in [0.05, 0.1) is 7.11 Å². The number of methoxy groups -OCH3 is 1. The number of hydrogen-bond acceptors (Lipinski definition) is 7. The lowest BCUT2D eigenvalue weighted by atomic mass is 10.3. The summed E-state index contributed by atoms with van der Waals surface area (Å²) in [5, 5.41) is 8.35. The second kappa shape index (κ2) is 7.65. The average molecular weight is 395 g/mol. The fourth-order valence-electron chi connectivity index (χ4n) is 2.87. The molecule has 1 saturated heterocycles. The summed E-state index contributed by atoms with van der Waals surface area (Å²) in [7, 11) is 1.28. The molecule has 0 amide bonds. The van der Waals surface area contributed by atoms with Crippen LogP contribution in [0.4, 0.5) is 16.0 Å². The lowest BCUT2D eigenvalue weighted by Gasteiger charge is -2.34. The minimum atomic E-state index is -3.85. The number of sulfonamides is 1. The van der Waals surface area contributed by atoms with Gasteiger partial charge in [0.15, 0.2) is 11.6 Å². The molecule has 2 aromatic rings. The van der Waals surface area contributed by atoms with Crippen molar-refractivity contribution in [3.8, 4) is 5.75 Å². The van der Waals surface area contributed by atoms with Crippen LogP contribution in [0.5, 0.6) is 5.75 Å². The van der Waals surface area contributed by atoms with Crippen molar-refractivity contribution in [1.82, 2.24) is 14.5 Å². The molecule has 0 atom stereocenters. The van der Waals surface area contributed by atoms with Gasteiger partial charge < -0.3 is 14.5 Å². The zero-order valence-corrected chi connectivity index (χ0v) is 16.3. The topological polar surface area (TPSA) is 78.9 Å². The van der Waals surface area contributed by atoms with Crippen molar-refractivity contribution in [3.63, 3.8) is 0 Å². The first kappa shape index (κ1) is 19.3. The van der Waals surface area contributed by atoms with E-state index in [1.807, 2.05) is 36.0 Å². The number of ether oxygens (including phenoxy) is 1. The Hall–Kier alpha value is -2.46. The van der Waals surface area contributed by atoms with Crippen LogP contribution in [-0.4, -0.2) is 70.3 Å². The average Bonchev–Trinajstić information content (AvgIpc) is 2.68. The number of hydrogen-bond donors (Lipinski definition) is 0. The van der Waals surface area contributed by atoms with Gasteiger partial charge >= 0.3 is 0 Å². The molecule has 2 heterocycles. The number of rotatable bonds is 5. The lowest BCUT2D eigenvalue weighted by Crippen LogP contribution is -2.49. The molecular formula is C17H22FN5O3S. The van der Waals surface area contributed by atoms with Gasteiger partial charge in [-0.05, 0) is 30.3 Å². The molecule has 146 valence electrons. The van der Waals surface area contributed by atoms with E-state index in [0.29, 0.717) is 18.9 Å². The van der Waals surface area contributed by atoms with Gasteiger partial charge in [0, 0.05) is 40.3 Å². The summed E-state index contributed by atoms with van der Waals surface area (Å²) in [6, 6.07) is 7.21. The monoisotopic (exact) mass is 395 g/mol. The van der Waals surface area contributed by atoms with Gasteiger partial charge in [-0.15, -0.1) is 10.2 Å². The molecule has 3 rings (SSSR count). The Kier molecular flexibility index (Phi) is 5.47. The summed E-state index contributed by atoms with van der Waals surface area (Å²) in [4.78, 5) is 3.67. The van der Waals surface area contributed by atoms with E-state index in [1.54, 1.807) is 0 Å². The van der Waals surface area contributed by atoms with E-state index in [9.17, 15) is 12.8 Å². The molecule has 0 saturated carbocycles. The Morgan fingerprint density at radius 2 is 1.78 bits per heavy atom. The van der Waals surface area contributed by atoms with E-state index >= 15 is 0 Å². The number of halogens is 1. The number of piperazine rings is 1. The third-order valence-corrected chi connectivity index (χ3v) is 6.32. The minimum Gasteiger partial charge on any atom is -0.495 e. The minimum absolute atomic E-state index is 0.129. The smallest absolute Gasteiger partial charge is 0.246 e. The van der Waals surface area contributed by atoms with Crippen molar-refractivity contribution in [2.75, 3.05) is 57.2 Å². The number of anilines is 2. The van der Waals surface area contributed by atoms with Gasteiger partial charge in [-0.3, -0.25) is 0 Å². The second-order valence-electron chi connectivity index (χ2n) is 6.33. The third kappa shape index (κ3) is 3.96. The second-order valence-corrected chi connectivity index (χ2v) is 8.24. The zero-order valence-electron chi connectivity index (χ0n) is 15.5. The summed E-state index contributed by atoms with van der Waals surface area (Å²) in [5.74, 6) is 0.951. The fraction of sp³-hybridized carbons (Fsp3) is 0.412. The maximum Gasteiger partial charge on any atom is 0.246 e. The largest absolute Gasteiger partial charge is 0.495 e. The molecule has 0 aliphatic carbocycles. The molecule has 0 spiro atoms. The van der Waals surface area contributed by atoms with E-state index in [4.69, 9.17) is 4.74 Å². The molecule has 10 heteroatoms. The van der Waals surface area contributed by atoms with Gasteiger partial charge in [-0.1, -0.05) is 0 Å². The van der Waals surface area contributed by atoms with Crippen molar-refractivity contribution in [3.05, 3.63) is 36.1 Å². The van der Waals surface area contributed by atoms with Crippen LogP contribution in [0.3, 0.4) is 0 Å². The van der Waals surface area contributed by atoms with E-state index < -0.39 is 15.8 Å². The van der Waals surface area contributed by atoms with Crippen molar-refractivity contribution >= 4 is 21.7 Å². The fourth-order valence-corrected chi connectivity index (χ4v) is 4.46. The molecule has 8 nitrogen and oxygen atoms in total. The molecule has 1 aromatic heterocycles. The van der Waals surface area contributed by atoms with Crippen molar-refractivity contribution in [2.24, 2.45) is 0 Å². The maximum atomic E-state index is 13.6. The van der Waals surface area contributed by atoms with E-state index in [2.05, 4.69) is 10.2 Å². The van der Waals surface area contributed by atoms with E-state index in [0.717, 1.165) is 11.9 Å². The van der Waals surface area contributed by atoms with Gasteiger partial charge in [-0.25, -0.2) is 12.8 Å². The van der Waals surface area contributed by atoms with Crippen molar-refractivity contribution in [1.29, 1.82) is 0 Å². The first-order chi connectivity index (χ1) is 12.8. The van der Waals surface area contributed by atoms with Crippen LogP contribution >= 0.6 is 0 Å². The van der Waals surface area contributed by atoms with Crippen LogP contribution in [0, 0.1) is 5.82 Å². The molecule has 0 unspecified atom stereocenters. The van der Waals surface area contributed by atoms with Crippen molar-refractivity contribution < 1.29 is 17.5 Å². The maximum absolute atomic E-state index is 13.6. The predicted octanol–water partition coefficient (Wildman–Crippen LogP) is 1.20. The van der Waals surface area contributed by atoms with Crippen molar-refractivity contribution in [2.45, 2.75) is 4.90 Å². The van der Waals surface area contributed by atoms with Gasteiger partial charge in [0.1, 0.15) is 16.5 Å². The van der Waals surface area contributed by atoms with Gasteiger partial charge in [-0.2, -0.15) is 4.31 Å². The lowest BCUT2D eigenvalue weighted by molar-refractivity contribution is 0.372. The molecular weight excluding hydrogens is 373 g/mol. The van der Waals surface area contributed by atoms with Crippen LogP contribution in [-0.2, 0) is 10.0 Å². The Morgan fingerprint density at radius 3 is 2.33 bits per heavy atom. The quantitative estimate of drug-likeness (QED) is 0.753. The molecule has 1 aliphatic heterocycles. The highest BCUT2D eigenvalue weighted by Gasteiger charge is 2.31. The number of aromatic nitrogens is 2. The first-order valence-electron chi connectivity index (χ1n) is 8.42. The molecule has 1 aliphatic rings. The summed E-state index contributed by atoms with van der Waals surface area (Å²) in [5.41, 5.74) is 0. The Balaban J connectivity index is 1.74. The van der Waals surface area contributed by atoms with Gasteiger partial charge in [0.25, 0.3) is 0 Å². The van der Waals surface area contributed by atoms with E-state index in [-0.39, 0.29) is 23.7 Å². The zero-order chi connectivity index (χ0) is 19.6. The van der Waals surface area contributed by atoms with Crippen LogP contribution in [0.15, 0.2) is 35.2 Å². The number of benzene rings is 1. The standard InChI is InChI=1S/C17H22FN5O3S/c1-21(2)16-6-7-17(20-19-16)22-8-10-23(11-9-22)27(24,25)15-12-13(18)4-5-14(15)26-3/h4-7,12H,8-11H2,1-3H3. The normalized spacial score (nSPS) is 15.6. The summed E-state index contributed by atoms with van der Waals surface area (Å²) in [6.45, 7) is 1.46. The van der Waals surface area contributed by atoms with Crippen LogP contribution in [0.25, 0.3) is 0 Å². The molecule has 0 bridgehead atoms.